The van der Waals surface area contributed by atoms with Crippen LogP contribution in [-0.2, 0) is 0 Å². The van der Waals surface area contributed by atoms with Gasteiger partial charge in [0.25, 0.3) is 0 Å². The van der Waals surface area contributed by atoms with Crippen LogP contribution in [0.5, 0.6) is 0 Å². The van der Waals surface area contributed by atoms with Crippen LogP contribution in [0.4, 0.5) is 23.1 Å². The van der Waals surface area contributed by atoms with Crippen LogP contribution in [0.3, 0.4) is 0 Å². The fourth-order valence-corrected chi connectivity index (χ4v) is 4.43. The van der Waals surface area contributed by atoms with E-state index in [1.807, 2.05) is 23.1 Å². The Morgan fingerprint density at radius 3 is 2.70 bits per heavy atom. The number of nitrogens with one attached hydrogen (secondary N) is 1. The molecular formula is C22H21N6OS+. The standard InChI is InChI=1S/C22H20N6OS/c23-13-15-10-16(28(8-3-9-29)20-6-7-26-22(25)27-20)12-17(21(15)24)19-11-14-4-1-2-5-18(14)30-19/h1-2,4-7,10-12,29H,3,8-9,24H2,(H2,25,26,27)/p+1. The summed E-state index contributed by atoms with van der Waals surface area (Å²) in [5, 5.41) is 18.3. The van der Waals surface area contributed by atoms with Crippen molar-refractivity contribution in [2.24, 2.45) is 0 Å². The molecule has 4 rings (SSSR count). The molecule has 2 heterocycles. The number of nitrogen functional groups attached to an aromatic ring is 2. The molecule has 7 nitrogen and oxygen atoms in total. The second-order valence-electron chi connectivity index (χ2n) is 6.73. The summed E-state index contributed by atoms with van der Waals surface area (Å²) >= 11 is 1.65. The molecule has 0 atom stereocenters. The maximum absolute atomic E-state index is 9.38. The lowest BCUT2D eigenvalue weighted by molar-refractivity contribution is -0.0908. The fourth-order valence-electron chi connectivity index (χ4n) is 3.33. The van der Waals surface area contributed by atoms with Crippen LogP contribution in [0.25, 0.3) is 20.5 Å². The number of thiophene rings is 1. The Hall–Kier alpha value is -3.67. The minimum atomic E-state index is 0.0404. The third-order valence-electron chi connectivity index (χ3n) is 4.78. The smallest absolute Gasteiger partial charge is 0.310 e. The Morgan fingerprint density at radius 2 is 1.97 bits per heavy atom. The molecule has 0 amide bonds. The van der Waals surface area contributed by atoms with Gasteiger partial charge in [-0.2, -0.15) is 4.98 Å². The molecule has 0 bridgehead atoms. The Balaban J connectivity index is 1.88. The van der Waals surface area contributed by atoms with E-state index in [4.69, 9.17) is 16.7 Å². The summed E-state index contributed by atoms with van der Waals surface area (Å²) in [7, 11) is 0. The Kier molecular flexibility index (Phi) is 5.48. The maximum Gasteiger partial charge on any atom is 0.310 e. The monoisotopic (exact) mass is 417 g/mol. The molecule has 150 valence electrons. The van der Waals surface area contributed by atoms with Gasteiger partial charge in [-0.25, -0.2) is 4.98 Å². The first-order valence-corrected chi connectivity index (χ1v) is 10.2. The van der Waals surface area contributed by atoms with Crippen molar-refractivity contribution in [1.29, 1.82) is 0 Å². The van der Waals surface area contributed by atoms with Gasteiger partial charge in [0.2, 0.25) is 5.95 Å². The normalized spacial score (nSPS) is 10.8. The van der Waals surface area contributed by atoms with E-state index in [2.05, 4.69) is 34.2 Å². The van der Waals surface area contributed by atoms with Crippen molar-refractivity contribution in [2.75, 3.05) is 29.5 Å². The van der Waals surface area contributed by atoms with Crippen molar-refractivity contribution in [3.63, 3.8) is 0 Å². The summed E-state index contributed by atoms with van der Waals surface area (Å²) in [5.41, 5.74) is 14.8. The summed E-state index contributed by atoms with van der Waals surface area (Å²) in [6, 6.07) is 18.2. The molecule has 0 fully saturated rings. The number of anilines is 4. The van der Waals surface area contributed by atoms with Gasteiger partial charge in [0, 0.05) is 40.2 Å². The highest BCUT2D eigenvalue weighted by Crippen LogP contribution is 2.40. The number of aliphatic hydroxyl groups excluding tert-OH is 1. The van der Waals surface area contributed by atoms with E-state index in [0.717, 1.165) is 21.5 Å². The zero-order valence-electron chi connectivity index (χ0n) is 16.2. The maximum atomic E-state index is 9.38. The Morgan fingerprint density at radius 1 is 1.13 bits per heavy atom. The van der Waals surface area contributed by atoms with Gasteiger partial charge in [-0.3, -0.25) is 0 Å². The number of hydrogen-bond acceptors (Lipinski definition) is 7. The van der Waals surface area contributed by atoms with Crippen LogP contribution in [0.1, 0.15) is 12.0 Å². The third kappa shape index (κ3) is 3.76. The van der Waals surface area contributed by atoms with Gasteiger partial charge in [0.1, 0.15) is 11.4 Å². The first-order valence-electron chi connectivity index (χ1n) is 9.43. The quantitative estimate of drug-likeness (QED) is 0.356. The van der Waals surface area contributed by atoms with Crippen molar-refractivity contribution in [3.05, 3.63) is 60.3 Å². The molecule has 0 aliphatic heterocycles. The average Bonchev–Trinajstić information content (AvgIpc) is 3.19. The van der Waals surface area contributed by atoms with E-state index in [0.29, 0.717) is 30.0 Å². The van der Waals surface area contributed by atoms with Crippen molar-refractivity contribution < 1.29 is 10.4 Å². The number of aliphatic hydroxyl groups is 1. The molecule has 0 aliphatic carbocycles. The fraction of sp³-hybridized carbons (Fsp3) is 0.136. The lowest BCUT2D eigenvalue weighted by Gasteiger charge is -2.25. The van der Waals surface area contributed by atoms with Crippen LogP contribution in [0.2, 0.25) is 0 Å². The number of fused-ring (bicyclic) bond motifs is 1. The molecule has 6 N–H and O–H groups in total. The predicted molar refractivity (Wildman–Crippen MR) is 121 cm³/mol. The summed E-state index contributed by atoms with van der Waals surface area (Å²) in [5.74, 6) is 0.777. The topological polar surface area (TPSA) is 125 Å². The molecule has 0 unspecified atom stereocenters. The van der Waals surface area contributed by atoms with E-state index >= 15 is 0 Å². The van der Waals surface area contributed by atoms with Crippen molar-refractivity contribution in [2.45, 2.75) is 6.42 Å². The van der Waals surface area contributed by atoms with Gasteiger partial charge in [0.05, 0.1) is 5.69 Å². The molecule has 0 spiro atoms. The van der Waals surface area contributed by atoms with Gasteiger partial charge in [-0.15, -0.1) is 11.3 Å². The summed E-state index contributed by atoms with van der Waals surface area (Å²) < 4.78 is 1.17. The van der Waals surface area contributed by atoms with E-state index in [1.165, 1.54) is 4.70 Å². The van der Waals surface area contributed by atoms with Crippen molar-refractivity contribution in [3.8, 4) is 16.5 Å². The highest BCUT2D eigenvalue weighted by Gasteiger charge is 2.19. The summed E-state index contributed by atoms with van der Waals surface area (Å²) in [4.78, 5) is 11.2. The van der Waals surface area contributed by atoms with Gasteiger partial charge < -0.3 is 21.5 Å². The van der Waals surface area contributed by atoms with Crippen molar-refractivity contribution >= 4 is 44.6 Å². The second kappa shape index (κ2) is 8.37. The lowest BCUT2D eigenvalue weighted by atomic mass is 10.0. The summed E-state index contributed by atoms with van der Waals surface area (Å²) in [6.45, 7) is 0.554. The number of nitrogens with two attached hydrogens (primary N) is 2. The third-order valence-corrected chi connectivity index (χ3v) is 5.93. The van der Waals surface area contributed by atoms with Gasteiger partial charge in [-0.05, 0) is 42.1 Å². The molecule has 0 saturated heterocycles. The van der Waals surface area contributed by atoms with Gasteiger partial charge in [0.15, 0.2) is 0 Å². The molecule has 0 aliphatic rings. The first kappa shape index (κ1) is 19.6. The van der Waals surface area contributed by atoms with Crippen LogP contribution in [-0.4, -0.2) is 28.2 Å². The van der Waals surface area contributed by atoms with Crippen molar-refractivity contribution in [1.82, 2.24) is 9.97 Å². The zero-order valence-corrected chi connectivity index (χ0v) is 17.0. The Bertz CT molecular complexity index is 1210. The van der Waals surface area contributed by atoms with Crippen LogP contribution < -0.4 is 21.6 Å². The molecule has 4 aromatic rings. The summed E-state index contributed by atoms with van der Waals surface area (Å²) in [6.07, 6.45) is 2.13. The molecule has 0 saturated carbocycles. The van der Waals surface area contributed by atoms with E-state index in [-0.39, 0.29) is 12.6 Å². The Labute approximate surface area is 177 Å². The van der Waals surface area contributed by atoms with Gasteiger partial charge >= 0.3 is 6.07 Å². The lowest BCUT2D eigenvalue weighted by Crippen LogP contribution is -2.22. The number of rotatable bonds is 6. The first-order chi connectivity index (χ1) is 14.6. The number of benzene rings is 2. The van der Waals surface area contributed by atoms with Gasteiger partial charge in [-0.1, -0.05) is 23.5 Å². The SMILES string of the molecule is [NH+]#Cc1cc(N(CCCO)c2ccnc(N)n2)cc(-c2cc3ccccc3s2)c1N. The van der Waals surface area contributed by atoms with Crippen LogP contribution in [0, 0.1) is 6.07 Å². The molecule has 8 heteroatoms. The van der Waals surface area contributed by atoms with E-state index in [9.17, 15) is 5.11 Å². The molecular weight excluding hydrogens is 396 g/mol. The highest BCUT2D eigenvalue weighted by molar-refractivity contribution is 7.22. The number of nitrogens with zero attached hydrogens (tertiary/aromatic N) is 3. The minimum absolute atomic E-state index is 0.0404. The second-order valence-corrected chi connectivity index (χ2v) is 7.81. The molecule has 30 heavy (non-hydrogen) atoms. The largest absolute Gasteiger partial charge is 0.397 e. The van der Waals surface area contributed by atoms with Crippen LogP contribution >= 0.6 is 11.3 Å². The zero-order chi connectivity index (χ0) is 21.1. The molecule has 2 aromatic carbocycles. The average molecular weight is 418 g/mol. The van der Waals surface area contributed by atoms with E-state index in [1.54, 1.807) is 29.7 Å². The highest BCUT2D eigenvalue weighted by atomic mass is 32.1. The van der Waals surface area contributed by atoms with Crippen LogP contribution in [0.15, 0.2) is 54.7 Å². The number of aromatic nitrogens is 2. The predicted octanol–water partition coefficient (Wildman–Crippen LogP) is 2.16. The number of hydrogen-bond donors (Lipinski definition) is 4. The van der Waals surface area contributed by atoms with E-state index < -0.39 is 0 Å². The molecule has 0 radical (unpaired) electrons. The minimum Gasteiger partial charge on any atom is -0.397 e. The molecule has 2 aromatic heterocycles.